The topological polar surface area (TPSA) is 134 Å². The summed E-state index contributed by atoms with van der Waals surface area (Å²) < 4.78 is 14.9. The van der Waals surface area contributed by atoms with Crippen LogP contribution in [0, 0.1) is 5.41 Å². The lowest BCUT2D eigenvalue weighted by Gasteiger charge is -2.27. The zero-order chi connectivity index (χ0) is 25.2. The Morgan fingerprint density at radius 1 is 0.469 bits per heavy atom. The number of rotatable bonds is 9. The van der Waals surface area contributed by atoms with E-state index in [1.54, 1.807) is 62.3 Å². The largest absolute Gasteiger partial charge is 0.540 e. The molecular weight excluding hydrogens is 432 g/mol. The van der Waals surface area contributed by atoms with Crippen LogP contribution in [0.1, 0.15) is 69.2 Å². The number of hydrogen-bond acceptors (Lipinski definition) is 12. The molecule has 0 aromatic heterocycles. The Labute approximate surface area is 188 Å². The molecule has 0 saturated heterocycles. The number of hydrogen-bond donors (Lipinski definition) is 0. The first-order chi connectivity index (χ1) is 14.3. The van der Waals surface area contributed by atoms with Crippen molar-refractivity contribution in [3.63, 3.8) is 0 Å². The fourth-order valence-electron chi connectivity index (χ4n) is 1.37. The van der Waals surface area contributed by atoms with Crippen LogP contribution in [0.3, 0.4) is 0 Å². The lowest BCUT2D eigenvalue weighted by Crippen LogP contribution is -2.37. The first-order valence-corrected chi connectivity index (χ1v) is 9.88. The Bertz CT molecular complexity index is 526. The van der Waals surface area contributed by atoms with Crippen LogP contribution in [0.4, 0.5) is 14.4 Å². The summed E-state index contributed by atoms with van der Waals surface area (Å²) in [5.41, 5.74) is -3.45. The van der Waals surface area contributed by atoms with Gasteiger partial charge in [-0.15, -0.1) is 0 Å². The van der Waals surface area contributed by atoms with Crippen LogP contribution in [0.15, 0.2) is 0 Å². The van der Waals surface area contributed by atoms with Crippen molar-refractivity contribution < 1.29 is 57.9 Å². The third kappa shape index (κ3) is 17.4. The summed E-state index contributed by atoms with van der Waals surface area (Å²) in [5, 5.41) is 0. The van der Waals surface area contributed by atoms with E-state index in [4.69, 9.17) is 28.9 Å². The highest BCUT2D eigenvalue weighted by Gasteiger charge is 2.33. The van der Waals surface area contributed by atoms with Crippen molar-refractivity contribution in [3.05, 3.63) is 0 Å². The second kappa shape index (κ2) is 12.1. The summed E-state index contributed by atoms with van der Waals surface area (Å²) in [5.74, 6) is 0. The van der Waals surface area contributed by atoms with E-state index < -0.39 is 40.7 Å². The fraction of sp³-hybridized carbons (Fsp3) is 0.850. The summed E-state index contributed by atoms with van der Waals surface area (Å²) in [4.78, 5) is 63.5. The Morgan fingerprint density at radius 2 is 0.688 bits per heavy atom. The SMILES string of the molecule is CC(COC(=O)OOC(C)(C)C)(COC(=O)OOC(C)(C)C)COC(=O)OOC(C)(C)C. The molecule has 0 N–H and O–H groups in total. The smallest absolute Gasteiger partial charge is 0.431 e. The van der Waals surface area contributed by atoms with Gasteiger partial charge in [-0.3, -0.25) is 14.7 Å². The predicted molar refractivity (Wildman–Crippen MR) is 108 cm³/mol. The Morgan fingerprint density at radius 3 is 0.875 bits per heavy atom. The summed E-state index contributed by atoms with van der Waals surface area (Å²) in [6, 6.07) is 0. The first kappa shape index (κ1) is 29.7. The van der Waals surface area contributed by atoms with Crippen molar-refractivity contribution >= 4 is 18.5 Å². The first-order valence-electron chi connectivity index (χ1n) is 9.88. The molecule has 12 nitrogen and oxygen atoms in total. The van der Waals surface area contributed by atoms with E-state index in [2.05, 4.69) is 14.7 Å². The van der Waals surface area contributed by atoms with Gasteiger partial charge >= 0.3 is 18.5 Å². The maximum absolute atomic E-state index is 11.8. The van der Waals surface area contributed by atoms with Gasteiger partial charge in [0.05, 0.1) is 5.41 Å². The summed E-state index contributed by atoms with van der Waals surface area (Å²) >= 11 is 0. The van der Waals surface area contributed by atoms with Gasteiger partial charge in [-0.25, -0.2) is 14.4 Å². The molecule has 0 spiro atoms. The van der Waals surface area contributed by atoms with E-state index >= 15 is 0 Å². The standard InChI is InChI=1S/C20H36O12/c1-17(2,3)30-27-14(21)24-11-20(10,12-25-15(22)28-31-18(4,5)6)13-26-16(23)29-32-19(7,8)9/h11-13H2,1-10H3. The molecule has 0 rings (SSSR count). The lowest BCUT2D eigenvalue weighted by atomic mass is 9.94. The van der Waals surface area contributed by atoms with E-state index in [9.17, 15) is 14.4 Å². The van der Waals surface area contributed by atoms with Gasteiger partial charge in [-0.1, -0.05) is 0 Å². The molecule has 0 aromatic rings. The lowest BCUT2D eigenvalue weighted by molar-refractivity contribution is -0.317. The second-order valence-corrected chi connectivity index (χ2v) is 10.3. The third-order valence-corrected chi connectivity index (χ3v) is 2.69. The molecule has 0 bridgehead atoms. The Hall–Kier alpha value is -2.31. The second-order valence-electron chi connectivity index (χ2n) is 10.3. The molecule has 0 amide bonds. The number of carbonyl (C=O) groups excluding carboxylic acids is 3. The molecule has 32 heavy (non-hydrogen) atoms. The molecule has 0 saturated carbocycles. The molecule has 12 heteroatoms. The van der Waals surface area contributed by atoms with Crippen LogP contribution in [0.2, 0.25) is 0 Å². The average molecular weight is 468 g/mol. The molecule has 188 valence electrons. The molecule has 0 aliphatic carbocycles. The highest BCUT2D eigenvalue weighted by molar-refractivity contribution is 5.60. The van der Waals surface area contributed by atoms with E-state index in [1.807, 2.05) is 0 Å². The minimum absolute atomic E-state index is 0.375. The van der Waals surface area contributed by atoms with Crippen LogP contribution in [0.5, 0.6) is 0 Å². The minimum atomic E-state index is -1.21. The number of ether oxygens (including phenoxy) is 3. The molecule has 0 radical (unpaired) electrons. The third-order valence-electron chi connectivity index (χ3n) is 2.69. The van der Waals surface area contributed by atoms with Crippen molar-refractivity contribution in [1.29, 1.82) is 0 Å². The Kier molecular flexibility index (Phi) is 11.2. The van der Waals surface area contributed by atoms with Gasteiger partial charge in [0.1, 0.15) is 36.6 Å². The van der Waals surface area contributed by atoms with Crippen LogP contribution >= 0.6 is 0 Å². The highest BCUT2D eigenvalue weighted by Crippen LogP contribution is 2.21. The molecule has 0 unspecified atom stereocenters. The molecule has 0 atom stereocenters. The summed E-state index contributed by atoms with van der Waals surface area (Å²) in [6.45, 7) is 15.4. The van der Waals surface area contributed by atoms with E-state index in [0.29, 0.717) is 0 Å². The van der Waals surface area contributed by atoms with Crippen molar-refractivity contribution in [2.75, 3.05) is 19.8 Å². The highest BCUT2D eigenvalue weighted by atomic mass is 17.2. The minimum Gasteiger partial charge on any atom is -0.431 e. The van der Waals surface area contributed by atoms with Crippen LogP contribution in [-0.4, -0.2) is 55.1 Å². The molecule has 0 aliphatic heterocycles. The van der Waals surface area contributed by atoms with Gasteiger partial charge < -0.3 is 14.2 Å². The zero-order valence-corrected chi connectivity index (χ0v) is 20.5. The van der Waals surface area contributed by atoms with Crippen molar-refractivity contribution in [1.82, 2.24) is 0 Å². The van der Waals surface area contributed by atoms with Gasteiger partial charge in [-0.05, 0) is 69.2 Å². The van der Waals surface area contributed by atoms with E-state index in [1.165, 1.54) is 6.92 Å². The molecule has 0 heterocycles. The van der Waals surface area contributed by atoms with Gasteiger partial charge in [-0.2, -0.15) is 14.7 Å². The zero-order valence-electron chi connectivity index (χ0n) is 20.5. The van der Waals surface area contributed by atoms with Crippen molar-refractivity contribution in [2.24, 2.45) is 5.41 Å². The van der Waals surface area contributed by atoms with Crippen LogP contribution < -0.4 is 0 Å². The summed E-state index contributed by atoms with van der Waals surface area (Å²) in [7, 11) is 0. The van der Waals surface area contributed by atoms with Crippen LogP contribution in [-0.2, 0) is 43.5 Å². The summed E-state index contributed by atoms with van der Waals surface area (Å²) in [6.07, 6.45) is -3.41. The quantitative estimate of drug-likeness (QED) is 0.202. The normalized spacial score (nSPS) is 12.6. The van der Waals surface area contributed by atoms with Gasteiger partial charge in [0.15, 0.2) is 0 Å². The fourth-order valence-corrected chi connectivity index (χ4v) is 1.37. The predicted octanol–water partition coefficient (Wildman–Crippen LogP) is 4.64. The molecular formula is C20H36O12. The molecule has 0 aromatic carbocycles. The van der Waals surface area contributed by atoms with Crippen LogP contribution in [0.25, 0.3) is 0 Å². The van der Waals surface area contributed by atoms with Gasteiger partial charge in [0, 0.05) is 0 Å². The van der Waals surface area contributed by atoms with Gasteiger partial charge in [0.2, 0.25) is 0 Å². The Balaban J connectivity index is 4.89. The number of carbonyl (C=O) groups is 3. The maximum Gasteiger partial charge on any atom is 0.540 e. The maximum atomic E-state index is 11.8. The van der Waals surface area contributed by atoms with Crippen molar-refractivity contribution in [2.45, 2.75) is 86.0 Å². The van der Waals surface area contributed by atoms with Gasteiger partial charge in [0.25, 0.3) is 0 Å². The van der Waals surface area contributed by atoms with E-state index in [0.717, 1.165) is 0 Å². The molecule has 0 aliphatic rings. The van der Waals surface area contributed by atoms with Crippen molar-refractivity contribution in [3.8, 4) is 0 Å². The van der Waals surface area contributed by atoms with E-state index in [-0.39, 0.29) is 19.8 Å². The monoisotopic (exact) mass is 468 g/mol. The average Bonchev–Trinajstić information content (AvgIpc) is 2.63. The molecule has 0 fully saturated rings.